The van der Waals surface area contributed by atoms with E-state index in [-0.39, 0.29) is 11.8 Å². The molecule has 1 unspecified atom stereocenters. The molecule has 112 valence electrons. The highest BCUT2D eigenvalue weighted by atomic mass is 32.2. The first-order chi connectivity index (χ1) is 9.53. The zero-order chi connectivity index (χ0) is 14.6. The summed E-state index contributed by atoms with van der Waals surface area (Å²) in [5, 5.41) is 3.38. The first-order valence-corrected chi connectivity index (χ1v) is 9.21. The maximum atomic E-state index is 12.5. The Hall–Kier alpha value is -0.870. The van der Waals surface area contributed by atoms with E-state index in [0.717, 1.165) is 24.9 Å². The molecule has 1 atom stereocenters. The second kappa shape index (κ2) is 6.72. The minimum absolute atomic E-state index is 0.0915. The number of nitrogens with one attached hydrogen (secondary N) is 1. The van der Waals surface area contributed by atoms with Crippen LogP contribution in [-0.4, -0.2) is 26.8 Å². The second-order valence-electron chi connectivity index (χ2n) is 5.80. The van der Waals surface area contributed by atoms with Crippen molar-refractivity contribution in [3.8, 4) is 0 Å². The van der Waals surface area contributed by atoms with Crippen molar-refractivity contribution < 1.29 is 8.42 Å². The molecule has 1 aromatic carbocycles. The minimum Gasteiger partial charge on any atom is -0.313 e. The molecule has 1 aromatic rings. The van der Waals surface area contributed by atoms with Gasteiger partial charge in [0.15, 0.2) is 9.84 Å². The molecule has 20 heavy (non-hydrogen) atoms. The summed E-state index contributed by atoms with van der Waals surface area (Å²) in [5.74, 6) is 0.726. The molecule has 0 aliphatic heterocycles. The second-order valence-corrected chi connectivity index (χ2v) is 7.84. The molecule has 1 aliphatic rings. The van der Waals surface area contributed by atoms with E-state index in [9.17, 15) is 8.42 Å². The van der Waals surface area contributed by atoms with Gasteiger partial charge in [0.2, 0.25) is 0 Å². The Morgan fingerprint density at radius 3 is 2.35 bits per heavy atom. The van der Waals surface area contributed by atoms with E-state index in [2.05, 4.69) is 5.32 Å². The number of aryl methyl sites for hydroxylation is 1. The van der Waals surface area contributed by atoms with Crippen molar-refractivity contribution in [1.29, 1.82) is 0 Å². The summed E-state index contributed by atoms with van der Waals surface area (Å²) in [6.07, 6.45) is 4.77. The highest BCUT2D eigenvalue weighted by molar-refractivity contribution is 7.91. The average Bonchev–Trinajstić information content (AvgIpc) is 2.92. The Bertz CT molecular complexity index is 516. The average molecular weight is 295 g/mol. The van der Waals surface area contributed by atoms with Gasteiger partial charge in [0.05, 0.1) is 10.6 Å². The third kappa shape index (κ3) is 3.83. The van der Waals surface area contributed by atoms with E-state index in [4.69, 9.17) is 0 Å². The van der Waals surface area contributed by atoms with Crippen molar-refractivity contribution in [3.63, 3.8) is 0 Å². The lowest BCUT2D eigenvalue weighted by molar-refractivity contribution is 0.389. The fourth-order valence-corrected chi connectivity index (χ4v) is 4.67. The standard InChI is InChI=1S/C16H25NO2S/c1-3-17-16(14-6-4-5-7-14)12-20(18,19)15-10-8-13(2)9-11-15/h8-11,14,16-17H,3-7,12H2,1-2H3. The summed E-state index contributed by atoms with van der Waals surface area (Å²) in [6.45, 7) is 4.83. The molecular weight excluding hydrogens is 270 g/mol. The van der Waals surface area contributed by atoms with Gasteiger partial charge in [-0.3, -0.25) is 0 Å². The van der Waals surface area contributed by atoms with E-state index in [0.29, 0.717) is 10.8 Å². The van der Waals surface area contributed by atoms with Crippen LogP contribution in [-0.2, 0) is 9.84 Å². The van der Waals surface area contributed by atoms with Gasteiger partial charge < -0.3 is 5.32 Å². The zero-order valence-electron chi connectivity index (χ0n) is 12.4. The highest BCUT2D eigenvalue weighted by Gasteiger charge is 2.29. The van der Waals surface area contributed by atoms with Crippen LogP contribution in [0.1, 0.15) is 38.2 Å². The lowest BCUT2D eigenvalue weighted by Crippen LogP contribution is -2.40. The van der Waals surface area contributed by atoms with Gasteiger partial charge in [0.25, 0.3) is 0 Å². The number of rotatable bonds is 6. The molecule has 1 aliphatic carbocycles. The molecule has 1 saturated carbocycles. The molecule has 4 heteroatoms. The lowest BCUT2D eigenvalue weighted by atomic mass is 10.00. The van der Waals surface area contributed by atoms with Crippen LogP contribution in [0.3, 0.4) is 0 Å². The van der Waals surface area contributed by atoms with Gasteiger partial charge in [-0.25, -0.2) is 8.42 Å². The van der Waals surface area contributed by atoms with Crippen molar-refractivity contribution in [2.24, 2.45) is 5.92 Å². The minimum atomic E-state index is -3.20. The Kier molecular flexibility index (Phi) is 5.22. The van der Waals surface area contributed by atoms with Gasteiger partial charge >= 0.3 is 0 Å². The van der Waals surface area contributed by atoms with Gasteiger partial charge in [-0.2, -0.15) is 0 Å². The van der Waals surface area contributed by atoms with E-state index >= 15 is 0 Å². The number of sulfone groups is 1. The fraction of sp³-hybridized carbons (Fsp3) is 0.625. The largest absolute Gasteiger partial charge is 0.313 e. The van der Waals surface area contributed by atoms with Crippen LogP contribution in [0.5, 0.6) is 0 Å². The van der Waals surface area contributed by atoms with Crippen LogP contribution < -0.4 is 5.32 Å². The third-order valence-corrected chi connectivity index (χ3v) is 6.00. The summed E-state index contributed by atoms with van der Waals surface area (Å²) in [7, 11) is -3.20. The maximum Gasteiger partial charge on any atom is 0.179 e. The van der Waals surface area contributed by atoms with Gasteiger partial charge in [0, 0.05) is 6.04 Å². The molecule has 0 amide bonds. The zero-order valence-corrected chi connectivity index (χ0v) is 13.2. The molecule has 1 N–H and O–H groups in total. The molecule has 0 saturated heterocycles. The van der Waals surface area contributed by atoms with Crippen LogP contribution in [0.2, 0.25) is 0 Å². The molecule has 3 nitrogen and oxygen atoms in total. The number of hydrogen-bond acceptors (Lipinski definition) is 3. The van der Waals surface area contributed by atoms with E-state index in [1.807, 2.05) is 26.0 Å². The highest BCUT2D eigenvalue weighted by Crippen LogP contribution is 2.29. The lowest BCUT2D eigenvalue weighted by Gasteiger charge is -2.24. The SMILES string of the molecule is CCNC(CS(=O)(=O)c1ccc(C)cc1)C1CCCC1. The molecule has 1 fully saturated rings. The first-order valence-electron chi connectivity index (χ1n) is 7.55. The summed E-state index contributed by atoms with van der Waals surface area (Å²) >= 11 is 0. The Balaban J connectivity index is 2.13. The monoisotopic (exact) mass is 295 g/mol. The quantitative estimate of drug-likeness (QED) is 0.877. The van der Waals surface area contributed by atoms with Crippen LogP contribution in [0.25, 0.3) is 0 Å². The first kappa shape index (κ1) is 15.5. The number of hydrogen-bond donors (Lipinski definition) is 1. The van der Waals surface area contributed by atoms with Crippen molar-refractivity contribution in [3.05, 3.63) is 29.8 Å². The van der Waals surface area contributed by atoms with E-state index in [1.165, 1.54) is 12.8 Å². The molecule has 0 bridgehead atoms. The van der Waals surface area contributed by atoms with Gasteiger partial charge in [-0.15, -0.1) is 0 Å². The van der Waals surface area contributed by atoms with Crippen LogP contribution in [0.15, 0.2) is 29.2 Å². The summed E-state index contributed by atoms with van der Waals surface area (Å²) in [6, 6.07) is 7.27. The maximum absolute atomic E-state index is 12.5. The van der Waals surface area contributed by atoms with Crippen molar-refractivity contribution in [2.75, 3.05) is 12.3 Å². The Labute approximate surface area is 122 Å². The van der Waals surface area contributed by atoms with Gasteiger partial charge in [0.1, 0.15) is 0 Å². The van der Waals surface area contributed by atoms with Crippen molar-refractivity contribution in [1.82, 2.24) is 5.32 Å². The summed E-state index contributed by atoms with van der Waals surface area (Å²) in [4.78, 5) is 0.448. The predicted molar refractivity (Wildman–Crippen MR) is 82.7 cm³/mol. The topological polar surface area (TPSA) is 46.2 Å². The summed E-state index contributed by atoms with van der Waals surface area (Å²) < 4.78 is 25.1. The van der Waals surface area contributed by atoms with E-state index in [1.54, 1.807) is 12.1 Å². The van der Waals surface area contributed by atoms with Crippen LogP contribution in [0.4, 0.5) is 0 Å². The fourth-order valence-electron chi connectivity index (χ4n) is 3.06. The molecule has 0 spiro atoms. The molecule has 2 rings (SSSR count). The Morgan fingerprint density at radius 2 is 1.80 bits per heavy atom. The summed E-state index contributed by atoms with van der Waals surface area (Å²) in [5.41, 5.74) is 1.09. The normalized spacial score (nSPS) is 18.3. The number of benzene rings is 1. The van der Waals surface area contributed by atoms with Crippen molar-refractivity contribution in [2.45, 2.75) is 50.5 Å². The van der Waals surface area contributed by atoms with E-state index < -0.39 is 9.84 Å². The van der Waals surface area contributed by atoms with Gasteiger partial charge in [-0.05, 0) is 44.4 Å². The third-order valence-electron chi connectivity index (χ3n) is 4.21. The molecule has 0 heterocycles. The smallest absolute Gasteiger partial charge is 0.179 e. The predicted octanol–water partition coefficient (Wildman–Crippen LogP) is 2.94. The Morgan fingerprint density at radius 1 is 1.20 bits per heavy atom. The molecule has 0 aromatic heterocycles. The van der Waals surface area contributed by atoms with Crippen molar-refractivity contribution >= 4 is 9.84 Å². The van der Waals surface area contributed by atoms with Gasteiger partial charge in [-0.1, -0.05) is 37.5 Å². The molecular formula is C16H25NO2S. The van der Waals surface area contributed by atoms with Crippen LogP contribution >= 0.6 is 0 Å². The van der Waals surface area contributed by atoms with Crippen LogP contribution in [0, 0.1) is 12.8 Å². The molecule has 0 radical (unpaired) electrons.